The average molecular weight is 450 g/mol. The minimum atomic E-state index is 0.420. The Morgan fingerprint density at radius 3 is 2.72 bits per heavy atom. The summed E-state index contributed by atoms with van der Waals surface area (Å²) in [5.74, 6) is 0.911. The van der Waals surface area contributed by atoms with Crippen LogP contribution in [0.25, 0.3) is 32.7 Å². The number of thiazole rings is 1. The number of ether oxygens (including phenoxy) is 1. The molecule has 8 nitrogen and oxygen atoms in total. The summed E-state index contributed by atoms with van der Waals surface area (Å²) in [6.45, 7) is 4.39. The van der Waals surface area contributed by atoms with Gasteiger partial charge in [-0.1, -0.05) is 0 Å². The average Bonchev–Trinajstić information content (AvgIpc) is 3.38. The first-order chi connectivity index (χ1) is 15.6. The maximum atomic E-state index is 6.26. The number of fused-ring (bicyclic) bond motifs is 1. The summed E-state index contributed by atoms with van der Waals surface area (Å²) in [6.07, 6.45) is 5.73. The number of nitrogens with zero attached hydrogens (tertiary/aromatic N) is 5. The number of nitrogens with one attached hydrogen (secondary N) is 1. The molecule has 1 aliphatic heterocycles. The van der Waals surface area contributed by atoms with Crippen molar-refractivity contribution in [1.82, 2.24) is 30.0 Å². The molecule has 1 fully saturated rings. The van der Waals surface area contributed by atoms with Crippen LogP contribution in [0.2, 0.25) is 0 Å². The molecule has 0 atom stereocenters. The summed E-state index contributed by atoms with van der Waals surface area (Å²) in [4.78, 5) is 15.7. The maximum absolute atomic E-state index is 6.26. The van der Waals surface area contributed by atoms with Crippen molar-refractivity contribution in [1.29, 1.82) is 0 Å². The van der Waals surface area contributed by atoms with Crippen LogP contribution >= 0.6 is 11.3 Å². The fourth-order valence-corrected chi connectivity index (χ4v) is 5.53. The third kappa shape index (κ3) is 3.66. The zero-order valence-corrected chi connectivity index (χ0v) is 19.4. The Morgan fingerprint density at radius 1 is 1.19 bits per heavy atom. The van der Waals surface area contributed by atoms with E-state index in [1.165, 1.54) is 4.88 Å². The van der Waals surface area contributed by atoms with E-state index in [4.69, 9.17) is 20.4 Å². The van der Waals surface area contributed by atoms with Crippen LogP contribution in [0.1, 0.15) is 35.0 Å². The molecule has 0 spiro atoms. The summed E-state index contributed by atoms with van der Waals surface area (Å²) in [7, 11) is 3.88. The molecule has 0 aromatic carbocycles. The Kier molecular flexibility index (Phi) is 5.62. The van der Waals surface area contributed by atoms with Gasteiger partial charge in [-0.3, -0.25) is 4.68 Å². The minimum Gasteiger partial charge on any atom is -0.382 e. The Labute approximate surface area is 190 Å². The number of rotatable bonds is 5. The van der Waals surface area contributed by atoms with E-state index in [0.29, 0.717) is 17.3 Å². The van der Waals surface area contributed by atoms with Crippen molar-refractivity contribution in [2.75, 3.05) is 26.0 Å². The van der Waals surface area contributed by atoms with Crippen LogP contribution < -0.4 is 11.1 Å². The van der Waals surface area contributed by atoms with Crippen LogP contribution in [-0.4, -0.2) is 45.0 Å². The summed E-state index contributed by atoms with van der Waals surface area (Å²) in [5, 5.41) is 9.53. The van der Waals surface area contributed by atoms with E-state index in [2.05, 4.69) is 21.5 Å². The highest BCUT2D eigenvalue weighted by molar-refractivity contribution is 7.15. The van der Waals surface area contributed by atoms with Gasteiger partial charge in [0, 0.05) is 60.1 Å². The van der Waals surface area contributed by atoms with Crippen LogP contribution in [0.5, 0.6) is 0 Å². The van der Waals surface area contributed by atoms with Gasteiger partial charge in [-0.05, 0) is 44.9 Å². The maximum Gasteiger partial charge on any atom is 0.149 e. The number of pyridine rings is 2. The number of anilines is 1. The Bertz CT molecular complexity index is 1270. The topological polar surface area (TPSA) is 104 Å². The molecule has 0 bridgehead atoms. The van der Waals surface area contributed by atoms with Gasteiger partial charge < -0.3 is 15.8 Å². The summed E-state index contributed by atoms with van der Waals surface area (Å²) in [6, 6.07) is 4.10. The molecule has 166 valence electrons. The third-order valence-electron chi connectivity index (χ3n) is 6.17. The van der Waals surface area contributed by atoms with E-state index >= 15 is 0 Å². The fraction of sp³-hybridized carbons (Fsp3) is 0.391. The highest BCUT2D eigenvalue weighted by atomic mass is 32.1. The fourth-order valence-electron chi connectivity index (χ4n) is 4.26. The lowest BCUT2D eigenvalue weighted by molar-refractivity contribution is 0.0858. The first-order valence-electron chi connectivity index (χ1n) is 10.8. The molecular formula is C23H27N7OS. The minimum absolute atomic E-state index is 0.420. The van der Waals surface area contributed by atoms with Gasteiger partial charge in [0.15, 0.2) is 0 Å². The highest BCUT2D eigenvalue weighted by Gasteiger charge is 2.24. The largest absolute Gasteiger partial charge is 0.382 e. The highest BCUT2D eigenvalue weighted by Crippen LogP contribution is 2.40. The van der Waals surface area contributed by atoms with Gasteiger partial charge in [-0.15, -0.1) is 11.3 Å². The number of hydrogen-bond donors (Lipinski definition) is 2. The van der Waals surface area contributed by atoms with Crippen molar-refractivity contribution >= 4 is 28.1 Å². The van der Waals surface area contributed by atoms with Crippen LogP contribution in [0.4, 0.5) is 5.82 Å². The molecule has 0 aliphatic carbocycles. The van der Waals surface area contributed by atoms with Crippen molar-refractivity contribution in [3.63, 3.8) is 0 Å². The quantitative estimate of drug-likeness (QED) is 0.479. The molecule has 5 rings (SSSR count). The lowest BCUT2D eigenvalue weighted by Crippen LogP contribution is -2.16. The van der Waals surface area contributed by atoms with Crippen LogP contribution in [0.3, 0.4) is 0 Å². The molecule has 3 N–H and O–H groups in total. The number of nitrogen functional groups attached to an aromatic ring is 1. The molecule has 5 heterocycles. The van der Waals surface area contributed by atoms with E-state index in [-0.39, 0.29) is 0 Å². The second kappa shape index (κ2) is 8.57. The lowest BCUT2D eigenvalue weighted by atomic mass is 9.97. The zero-order chi connectivity index (χ0) is 22.2. The predicted molar refractivity (Wildman–Crippen MR) is 128 cm³/mol. The van der Waals surface area contributed by atoms with Gasteiger partial charge in [0.05, 0.1) is 17.6 Å². The molecule has 0 unspecified atom stereocenters. The van der Waals surface area contributed by atoms with E-state index in [1.54, 1.807) is 11.3 Å². The van der Waals surface area contributed by atoms with Crippen molar-refractivity contribution < 1.29 is 4.74 Å². The van der Waals surface area contributed by atoms with E-state index in [0.717, 1.165) is 71.2 Å². The van der Waals surface area contributed by atoms with Gasteiger partial charge >= 0.3 is 0 Å². The summed E-state index contributed by atoms with van der Waals surface area (Å²) < 4.78 is 7.41. The first kappa shape index (κ1) is 21.0. The standard InChI is InChI=1S/C23H27N7OS/c1-13-16(11-27-30(13)3)18-5-4-15-17(10-26-22(24)20(15)28-18)23-29-19(12-25-2)21(32-23)14-6-8-31-9-7-14/h4-5,10-11,14,25H,6-9,12H2,1-3H3,(H2,24,26). The van der Waals surface area contributed by atoms with Crippen molar-refractivity contribution in [2.24, 2.45) is 7.05 Å². The molecule has 4 aromatic heterocycles. The predicted octanol–water partition coefficient (Wildman–Crippen LogP) is 3.66. The van der Waals surface area contributed by atoms with Crippen molar-refractivity contribution in [3.8, 4) is 21.8 Å². The Morgan fingerprint density at radius 2 is 2.00 bits per heavy atom. The molecule has 32 heavy (non-hydrogen) atoms. The Balaban J connectivity index is 1.61. The smallest absolute Gasteiger partial charge is 0.149 e. The van der Waals surface area contributed by atoms with Gasteiger partial charge in [-0.25, -0.2) is 15.0 Å². The molecule has 0 amide bonds. The molecule has 0 radical (unpaired) electrons. The van der Waals surface area contributed by atoms with Crippen LogP contribution in [0, 0.1) is 6.92 Å². The van der Waals surface area contributed by atoms with E-state index in [9.17, 15) is 0 Å². The molecule has 1 aliphatic rings. The molecular weight excluding hydrogens is 422 g/mol. The number of aromatic nitrogens is 5. The van der Waals surface area contributed by atoms with Crippen LogP contribution in [0.15, 0.2) is 24.5 Å². The normalized spacial score (nSPS) is 15.0. The molecule has 0 saturated carbocycles. The number of aryl methyl sites for hydroxylation is 1. The van der Waals surface area contributed by atoms with Gasteiger partial charge in [-0.2, -0.15) is 5.10 Å². The zero-order valence-electron chi connectivity index (χ0n) is 18.6. The van der Waals surface area contributed by atoms with E-state index in [1.807, 2.05) is 44.2 Å². The summed E-state index contributed by atoms with van der Waals surface area (Å²) in [5.41, 5.74) is 11.9. The monoisotopic (exact) mass is 449 g/mol. The van der Waals surface area contributed by atoms with Gasteiger partial charge in [0.25, 0.3) is 0 Å². The van der Waals surface area contributed by atoms with Crippen molar-refractivity contribution in [2.45, 2.75) is 32.2 Å². The second-order valence-corrected chi connectivity index (χ2v) is 9.19. The number of nitrogens with two attached hydrogens (primary N) is 1. The first-order valence-corrected chi connectivity index (χ1v) is 11.6. The van der Waals surface area contributed by atoms with Gasteiger partial charge in [0.1, 0.15) is 16.3 Å². The SMILES string of the molecule is CNCc1nc(-c2cnc(N)c3nc(-c4cnn(C)c4C)ccc23)sc1C1CCOCC1. The van der Waals surface area contributed by atoms with E-state index < -0.39 is 0 Å². The molecule has 4 aromatic rings. The second-order valence-electron chi connectivity index (χ2n) is 8.16. The van der Waals surface area contributed by atoms with Crippen LogP contribution in [-0.2, 0) is 18.3 Å². The van der Waals surface area contributed by atoms with Gasteiger partial charge in [0.2, 0.25) is 0 Å². The molecule has 1 saturated heterocycles. The summed E-state index contributed by atoms with van der Waals surface area (Å²) >= 11 is 1.76. The third-order valence-corrected chi connectivity index (χ3v) is 7.46. The lowest BCUT2D eigenvalue weighted by Gasteiger charge is -2.21. The molecule has 9 heteroatoms. The van der Waals surface area contributed by atoms with Crippen molar-refractivity contribution in [3.05, 3.63) is 40.8 Å². The Hall–Kier alpha value is -2.88. The number of hydrogen-bond acceptors (Lipinski definition) is 8.